The molecule has 0 atom stereocenters. The number of nitrogens with one attached hydrogen (secondary N) is 1. The van der Waals surface area contributed by atoms with Crippen LogP contribution in [0.15, 0.2) is 91.0 Å². The van der Waals surface area contributed by atoms with Crippen molar-refractivity contribution in [2.75, 3.05) is 0 Å². The van der Waals surface area contributed by atoms with Gasteiger partial charge in [-0.1, -0.05) is 78.9 Å². The number of H-pyrrole nitrogens is 1. The number of benzene rings is 5. The number of thiophene rings is 1. The van der Waals surface area contributed by atoms with Crippen molar-refractivity contribution in [3.05, 3.63) is 96.6 Å². The largest absolute Gasteiger partial charge is 0.354 e. The molecule has 7 aromatic rings. The van der Waals surface area contributed by atoms with Gasteiger partial charge in [0.05, 0.1) is 5.52 Å². The van der Waals surface area contributed by atoms with Crippen LogP contribution in [-0.4, -0.2) is 4.98 Å². The van der Waals surface area contributed by atoms with Gasteiger partial charge in [0.2, 0.25) is 0 Å². The second-order valence-corrected chi connectivity index (χ2v) is 9.33. The summed E-state index contributed by atoms with van der Waals surface area (Å²) in [4.78, 5) is 3.80. The van der Waals surface area contributed by atoms with Crippen molar-refractivity contribution < 1.29 is 0 Å². The van der Waals surface area contributed by atoms with Gasteiger partial charge in [-0.15, -0.1) is 11.3 Å². The summed E-state index contributed by atoms with van der Waals surface area (Å²) in [6.07, 6.45) is 0. The normalized spacial score (nSPS) is 12.0. The first-order valence-corrected chi connectivity index (χ1v) is 11.4. The minimum Gasteiger partial charge on any atom is -0.354 e. The zero-order chi connectivity index (χ0) is 20.5. The summed E-state index contributed by atoms with van der Waals surface area (Å²) in [5, 5.41) is 8.00. The number of aromatic nitrogens is 1. The van der Waals surface area contributed by atoms with E-state index in [4.69, 9.17) is 0 Å². The number of rotatable bonds is 1. The first-order chi connectivity index (χ1) is 15.3. The van der Waals surface area contributed by atoms with Crippen molar-refractivity contribution in [2.45, 2.75) is 6.92 Å². The maximum absolute atomic E-state index is 3.80. The first-order valence-electron chi connectivity index (χ1n) is 10.6. The molecule has 0 bridgehead atoms. The molecule has 0 aliphatic carbocycles. The van der Waals surface area contributed by atoms with Crippen LogP contribution in [0.4, 0.5) is 0 Å². The summed E-state index contributed by atoms with van der Waals surface area (Å²) in [6.45, 7) is 2.22. The van der Waals surface area contributed by atoms with E-state index in [1.54, 1.807) is 0 Å². The second-order valence-electron chi connectivity index (χ2n) is 8.30. The van der Waals surface area contributed by atoms with Crippen molar-refractivity contribution in [3.63, 3.8) is 0 Å². The van der Waals surface area contributed by atoms with E-state index in [1.807, 2.05) is 11.3 Å². The van der Waals surface area contributed by atoms with Crippen LogP contribution in [0.3, 0.4) is 0 Å². The van der Waals surface area contributed by atoms with Gasteiger partial charge in [0, 0.05) is 41.8 Å². The van der Waals surface area contributed by atoms with Gasteiger partial charge >= 0.3 is 0 Å². The van der Waals surface area contributed by atoms with Crippen LogP contribution in [-0.2, 0) is 0 Å². The van der Waals surface area contributed by atoms with Crippen LogP contribution in [0.25, 0.3) is 63.9 Å². The monoisotopic (exact) mass is 413 g/mol. The molecule has 1 nitrogen and oxygen atoms in total. The Balaban J connectivity index is 1.73. The molecular formula is C29H19NS. The molecule has 0 saturated carbocycles. The Morgan fingerprint density at radius 2 is 1.35 bits per heavy atom. The molecule has 146 valence electrons. The molecule has 0 aliphatic rings. The second kappa shape index (κ2) is 6.19. The lowest BCUT2D eigenvalue weighted by molar-refractivity contribution is 1.55. The van der Waals surface area contributed by atoms with Gasteiger partial charge < -0.3 is 4.98 Å². The lowest BCUT2D eigenvalue weighted by Gasteiger charge is -2.05. The molecule has 7 rings (SSSR count). The van der Waals surface area contributed by atoms with E-state index in [2.05, 4.69) is 103 Å². The molecule has 5 aromatic carbocycles. The van der Waals surface area contributed by atoms with Crippen molar-refractivity contribution in [1.82, 2.24) is 4.98 Å². The highest BCUT2D eigenvalue weighted by Crippen LogP contribution is 2.46. The zero-order valence-corrected chi connectivity index (χ0v) is 17.9. The fraction of sp³-hybridized carbons (Fsp3) is 0.0345. The Hall–Kier alpha value is -3.62. The molecule has 0 aliphatic heterocycles. The molecule has 0 radical (unpaired) electrons. The standard InChI is InChI=1S/C29H19NS/c1-17-8-7-13-22-26-27-25(20-11-5-6-12-21(20)29(26)31-28(17)22)23-16-19(14-15-24(23)30-27)18-9-3-2-4-10-18/h2-16,30H,1H3. The lowest BCUT2D eigenvalue weighted by Crippen LogP contribution is -1.79. The smallest absolute Gasteiger partial charge is 0.0565 e. The van der Waals surface area contributed by atoms with Gasteiger partial charge in [0.15, 0.2) is 0 Å². The van der Waals surface area contributed by atoms with Crippen LogP contribution < -0.4 is 0 Å². The van der Waals surface area contributed by atoms with E-state index in [0.29, 0.717) is 0 Å². The highest BCUT2D eigenvalue weighted by Gasteiger charge is 2.18. The molecule has 0 fully saturated rings. The predicted molar refractivity (Wildman–Crippen MR) is 136 cm³/mol. The van der Waals surface area contributed by atoms with Crippen molar-refractivity contribution in [1.29, 1.82) is 0 Å². The molecule has 0 saturated heterocycles. The fourth-order valence-electron chi connectivity index (χ4n) is 5.07. The van der Waals surface area contributed by atoms with Crippen LogP contribution in [0, 0.1) is 6.92 Å². The molecule has 1 N–H and O–H groups in total. The number of hydrogen-bond acceptors (Lipinski definition) is 1. The number of fused-ring (bicyclic) bond motifs is 10. The first kappa shape index (κ1) is 17.1. The van der Waals surface area contributed by atoms with E-state index in [-0.39, 0.29) is 0 Å². The minimum absolute atomic E-state index is 1.19. The molecule has 0 amide bonds. The van der Waals surface area contributed by atoms with Crippen molar-refractivity contribution >= 4 is 64.1 Å². The van der Waals surface area contributed by atoms with E-state index in [1.165, 1.54) is 69.4 Å². The van der Waals surface area contributed by atoms with Crippen LogP contribution in [0.1, 0.15) is 5.56 Å². The third kappa shape index (κ3) is 2.31. The van der Waals surface area contributed by atoms with E-state index < -0.39 is 0 Å². The quantitative estimate of drug-likeness (QED) is 0.277. The van der Waals surface area contributed by atoms with E-state index >= 15 is 0 Å². The molecule has 0 spiro atoms. The van der Waals surface area contributed by atoms with Gasteiger partial charge in [0.1, 0.15) is 0 Å². The third-order valence-electron chi connectivity index (χ3n) is 6.51. The average Bonchev–Trinajstić information content (AvgIpc) is 3.39. The fourth-order valence-corrected chi connectivity index (χ4v) is 6.38. The topological polar surface area (TPSA) is 15.8 Å². The van der Waals surface area contributed by atoms with Crippen molar-refractivity contribution in [2.24, 2.45) is 0 Å². The van der Waals surface area contributed by atoms with Gasteiger partial charge in [-0.2, -0.15) is 0 Å². The number of aromatic amines is 1. The Morgan fingerprint density at radius 3 is 2.23 bits per heavy atom. The highest BCUT2D eigenvalue weighted by atomic mass is 32.1. The maximum atomic E-state index is 3.80. The summed E-state index contributed by atoms with van der Waals surface area (Å²) in [5.74, 6) is 0. The van der Waals surface area contributed by atoms with Crippen molar-refractivity contribution in [3.8, 4) is 11.1 Å². The lowest BCUT2D eigenvalue weighted by atomic mass is 9.98. The van der Waals surface area contributed by atoms with Gasteiger partial charge in [-0.05, 0) is 41.1 Å². The Bertz CT molecular complexity index is 1780. The number of aryl methyl sites for hydroxylation is 1. The Labute approximate surface area is 183 Å². The summed E-state index contributed by atoms with van der Waals surface area (Å²) in [6, 6.07) is 33.0. The van der Waals surface area contributed by atoms with Crippen LogP contribution in [0.5, 0.6) is 0 Å². The molecular weight excluding hydrogens is 394 g/mol. The maximum Gasteiger partial charge on any atom is 0.0565 e. The summed E-state index contributed by atoms with van der Waals surface area (Å²) >= 11 is 1.92. The molecule has 2 aromatic heterocycles. The Kier molecular flexibility index (Phi) is 3.42. The molecule has 2 heterocycles. The number of hydrogen-bond donors (Lipinski definition) is 1. The van der Waals surface area contributed by atoms with Crippen LogP contribution >= 0.6 is 11.3 Å². The minimum atomic E-state index is 1.19. The molecule has 0 unspecified atom stereocenters. The average molecular weight is 414 g/mol. The third-order valence-corrected chi connectivity index (χ3v) is 7.88. The SMILES string of the molecule is Cc1cccc2c1sc1c3ccccc3c3c4cc(-c5ccccc5)ccc4[nH]c3c21. The Morgan fingerprint density at radius 1 is 0.581 bits per heavy atom. The molecule has 31 heavy (non-hydrogen) atoms. The van der Waals surface area contributed by atoms with Gasteiger partial charge in [-0.3, -0.25) is 0 Å². The van der Waals surface area contributed by atoms with E-state index in [9.17, 15) is 0 Å². The summed E-state index contributed by atoms with van der Waals surface area (Å²) < 4.78 is 2.76. The zero-order valence-electron chi connectivity index (χ0n) is 17.1. The van der Waals surface area contributed by atoms with Gasteiger partial charge in [0.25, 0.3) is 0 Å². The van der Waals surface area contributed by atoms with Gasteiger partial charge in [-0.25, -0.2) is 0 Å². The summed E-state index contributed by atoms with van der Waals surface area (Å²) in [7, 11) is 0. The predicted octanol–water partition coefficient (Wildman–Crippen LogP) is 8.82. The van der Waals surface area contributed by atoms with Crippen LogP contribution in [0.2, 0.25) is 0 Å². The summed E-state index contributed by atoms with van der Waals surface area (Å²) in [5.41, 5.74) is 6.30. The van der Waals surface area contributed by atoms with E-state index in [0.717, 1.165) is 0 Å². The highest BCUT2D eigenvalue weighted by molar-refractivity contribution is 7.27. The molecule has 2 heteroatoms.